The molecule has 1 N–H and O–H groups in total. The van der Waals surface area contributed by atoms with Gasteiger partial charge in [-0.25, -0.2) is 0 Å². The van der Waals surface area contributed by atoms with Gasteiger partial charge in [0.25, 0.3) is 0 Å². The molecule has 0 aliphatic rings. The van der Waals surface area contributed by atoms with Crippen LogP contribution in [0.2, 0.25) is 5.02 Å². The predicted octanol–water partition coefficient (Wildman–Crippen LogP) is 2.57. The molecular formula is C14H12ClN5O3. The first-order chi connectivity index (χ1) is 10.8. The summed E-state index contributed by atoms with van der Waals surface area (Å²) in [4.78, 5) is 22.5. The molecule has 0 bridgehead atoms. The van der Waals surface area contributed by atoms with Crippen LogP contribution in [0.1, 0.15) is 17.0 Å². The zero-order valence-corrected chi connectivity index (χ0v) is 13.1. The number of benzene rings is 1. The number of aryl methyl sites for hydroxylation is 1. The minimum absolute atomic E-state index is 0.113. The molecule has 0 spiro atoms. The number of nitriles is 1. The fourth-order valence-electron chi connectivity index (χ4n) is 2.15. The predicted molar refractivity (Wildman–Crippen MR) is 83.2 cm³/mol. The van der Waals surface area contributed by atoms with Gasteiger partial charge in [-0.05, 0) is 32.0 Å². The van der Waals surface area contributed by atoms with Crippen molar-refractivity contribution in [3.8, 4) is 6.07 Å². The van der Waals surface area contributed by atoms with E-state index >= 15 is 0 Å². The molecule has 0 saturated carbocycles. The minimum Gasteiger partial charge on any atom is -0.323 e. The van der Waals surface area contributed by atoms with E-state index in [1.54, 1.807) is 6.07 Å². The molecule has 0 saturated heterocycles. The number of hydrogen-bond donors (Lipinski definition) is 1. The van der Waals surface area contributed by atoms with E-state index in [0.717, 1.165) is 0 Å². The Hall–Kier alpha value is -2.92. The van der Waals surface area contributed by atoms with Gasteiger partial charge in [-0.15, -0.1) is 0 Å². The number of aromatic nitrogens is 2. The highest BCUT2D eigenvalue weighted by molar-refractivity contribution is 6.31. The lowest BCUT2D eigenvalue weighted by molar-refractivity contribution is -0.386. The topological polar surface area (TPSA) is 114 Å². The molecule has 9 heteroatoms. The van der Waals surface area contributed by atoms with Crippen LogP contribution >= 0.6 is 11.6 Å². The van der Waals surface area contributed by atoms with Crippen LogP contribution < -0.4 is 5.32 Å². The molecule has 1 aromatic heterocycles. The Morgan fingerprint density at radius 2 is 2.22 bits per heavy atom. The van der Waals surface area contributed by atoms with Crippen LogP contribution in [0.5, 0.6) is 0 Å². The SMILES string of the molecule is Cc1nn(CC(=O)Nc2cc(Cl)ccc2C#N)c(C)c1[N+](=O)[O-]. The highest BCUT2D eigenvalue weighted by Crippen LogP contribution is 2.23. The van der Waals surface area contributed by atoms with Gasteiger partial charge in [0.15, 0.2) is 0 Å². The van der Waals surface area contributed by atoms with Gasteiger partial charge >= 0.3 is 5.69 Å². The van der Waals surface area contributed by atoms with E-state index in [4.69, 9.17) is 16.9 Å². The Labute approximate surface area is 136 Å². The molecule has 0 unspecified atom stereocenters. The molecule has 2 aromatic rings. The van der Waals surface area contributed by atoms with Gasteiger partial charge in [-0.3, -0.25) is 19.6 Å². The van der Waals surface area contributed by atoms with Gasteiger partial charge in [0, 0.05) is 5.02 Å². The van der Waals surface area contributed by atoms with Gasteiger partial charge in [0.2, 0.25) is 5.91 Å². The van der Waals surface area contributed by atoms with Crippen molar-refractivity contribution < 1.29 is 9.72 Å². The average Bonchev–Trinajstić information content (AvgIpc) is 2.73. The third-order valence-electron chi connectivity index (χ3n) is 3.20. The standard InChI is InChI=1S/C14H12ClN5O3/c1-8-14(20(22)23)9(2)19(18-8)7-13(21)17-12-5-11(15)4-3-10(12)6-16/h3-5H,7H2,1-2H3,(H,17,21). The number of nitrogens with one attached hydrogen (secondary N) is 1. The van der Waals surface area contributed by atoms with Crippen LogP contribution in [0.25, 0.3) is 0 Å². The lowest BCUT2D eigenvalue weighted by atomic mass is 10.2. The van der Waals surface area contributed by atoms with Gasteiger partial charge in [-0.2, -0.15) is 10.4 Å². The monoisotopic (exact) mass is 333 g/mol. The molecule has 2 rings (SSSR count). The Morgan fingerprint density at radius 3 is 2.78 bits per heavy atom. The fourth-order valence-corrected chi connectivity index (χ4v) is 2.32. The fraction of sp³-hybridized carbons (Fsp3) is 0.214. The molecule has 0 aliphatic heterocycles. The molecule has 0 aliphatic carbocycles. The van der Waals surface area contributed by atoms with E-state index < -0.39 is 10.8 Å². The van der Waals surface area contributed by atoms with Crippen molar-refractivity contribution >= 4 is 28.9 Å². The van der Waals surface area contributed by atoms with Crippen molar-refractivity contribution in [1.82, 2.24) is 9.78 Å². The second-order valence-corrected chi connectivity index (χ2v) is 5.22. The summed E-state index contributed by atoms with van der Waals surface area (Å²) in [7, 11) is 0. The maximum absolute atomic E-state index is 12.1. The number of carbonyl (C=O) groups excluding carboxylic acids is 1. The van der Waals surface area contributed by atoms with Crippen molar-refractivity contribution in [2.45, 2.75) is 20.4 Å². The summed E-state index contributed by atoms with van der Waals surface area (Å²) in [6, 6.07) is 6.44. The second kappa shape index (κ2) is 6.46. The number of hydrogen-bond acceptors (Lipinski definition) is 5. The third-order valence-corrected chi connectivity index (χ3v) is 3.43. The van der Waals surface area contributed by atoms with E-state index in [1.165, 1.54) is 30.7 Å². The summed E-state index contributed by atoms with van der Waals surface area (Å²) < 4.78 is 1.25. The van der Waals surface area contributed by atoms with Crippen molar-refractivity contribution in [1.29, 1.82) is 5.26 Å². The van der Waals surface area contributed by atoms with E-state index in [9.17, 15) is 14.9 Å². The number of anilines is 1. The van der Waals surface area contributed by atoms with Crippen molar-refractivity contribution in [3.05, 3.63) is 50.3 Å². The number of rotatable bonds is 4. The van der Waals surface area contributed by atoms with Gasteiger partial charge in [-0.1, -0.05) is 11.6 Å². The first-order valence-electron chi connectivity index (χ1n) is 6.51. The van der Waals surface area contributed by atoms with Gasteiger partial charge in [0.05, 0.1) is 16.2 Å². The summed E-state index contributed by atoms with van der Waals surface area (Å²) in [5.41, 5.74) is 0.955. The largest absolute Gasteiger partial charge is 0.323 e. The minimum atomic E-state index is -0.531. The Bertz CT molecular complexity index is 838. The van der Waals surface area contributed by atoms with Crippen molar-refractivity contribution in [2.24, 2.45) is 0 Å². The summed E-state index contributed by atoms with van der Waals surface area (Å²) in [6.45, 7) is 2.81. The first kappa shape index (κ1) is 16.5. The van der Waals surface area contributed by atoms with Crippen LogP contribution in [-0.4, -0.2) is 20.6 Å². The molecule has 118 valence electrons. The summed E-state index contributed by atoms with van der Waals surface area (Å²) in [5, 5.41) is 26.9. The van der Waals surface area contributed by atoms with Crippen LogP contribution in [0.15, 0.2) is 18.2 Å². The normalized spacial score (nSPS) is 10.2. The Kier molecular flexibility index (Phi) is 4.62. The summed E-state index contributed by atoms with van der Waals surface area (Å²) >= 11 is 5.85. The zero-order valence-electron chi connectivity index (χ0n) is 12.3. The molecule has 0 fully saturated rings. The molecule has 23 heavy (non-hydrogen) atoms. The summed E-state index contributed by atoms with van der Waals surface area (Å²) in [5.74, 6) is -0.468. The average molecular weight is 334 g/mol. The second-order valence-electron chi connectivity index (χ2n) is 4.78. The lowest BCUT2D eigenvalue weighted by Crippen LogP contribution is -2.21. The van der Waals surface area contributed by atoms with Crippen molar-refractivity contribution in [3.63, 3.8) is 0 Å². The van der Waals surface area contributed by atoms with Gasteiger partial charge in [0.1, 0.15) is 24.0 Å². The van der Waals surface area contributed by atoms with Gasteiger partial charge < -0.3 is 5.32 Å². The van der Waals surface area contributed by atoms with Crippen LogP contribution in [0.3, 0.4) is 0 Å². The van der Waals surface area contributed by atoms with Crippen LogP contribution in [0, 0.1) is 35.3 Å². The molecule has 0 atom stereocenters. The Balaban J connectivity index is 2.22. The molecule has 1 heterocycles. The molecule has 8 nitrogen and oxygen atoms in total. The zero-order chi connectivity index (χ0) is 17.1. The maximum atomic E-state index is 12.1. The Morgan fingerprint density at radius 1 is 1.52 bits per heavy atom. The number of halogens is 1. The highest BCUT2D eigenvalue weighted by atomic mass is 35.5. The van der Waals surface area contributed by atoms with Crippen LogP contribution in [-0.2, 0) is 11.3 Å². The number of carbonyl (C=O) groups is 1. The number of nitrogens with zero attached hydrogens (tertiary/aromatic N) is 4. The number of nitro groups is 1. The summed E-state index contributed by atoms with van der Waals surface area (Å²) in [6.07, 6.45) is 0. The van der Waals surface area contributed by atoms with E-state index in [2.05, 4.69) is 10.4 Å². The molecule has 0 radical (unpaired) electrons. The van der Waals surface area contributed by atoms with E-state index in [1.807, 2.05) is 6.07 Å². The first-order valence-corrected chi connectivity index (χ1v) is 6.89. The quantitative estimate of drug-likeness (QED) is 0.682. The molecule has 1 amide bonds. The van der Waals surface area contributed by atoms with Crippen LogP contribution in [0.4, 0.5) is 11.4 Å². The smallest absolute Gasteiger partial charge is 0.312 e. The molecular weight excluding hydrogens is 322 g/mol. The highest BCUT2D eigenvalue weighted by Gasteiger charge is 2.22. The van der Waals surface area contributed by atoms with E-state index in [0.29, 0.717) is 5.02 Å². The lowest BCUT2D eigenvalue weighted by Gasteiger charge is -2.08. The maximum Gasteiger partial charge on any atom is 0.312 e. The molecule has 1 aromatic carbocycles. The van der Waals surface area contributed by atoms with E-state index in [-0.39, 0.29) is 34.9 Å². The van der Waals surface area contributed by atoms with Crippen molar-refractivity contribution in [2.75, 3.05) is 5.32 Å². The number of amides is 1. The third kappa shape index (κ3) is 3.46.